The van der Waals surface area contributed by atoms with E-state index in [0.29, 0.717) is 18.2 Å². The van der Waals surface area contributed by atoms with Crippen molar-refractivity contribution in [3.63, 3.8) is 0 Å². The monoisotopic (exact) mass is 496 g/mol. The number of carbonyl (C=O) groups excluding carboxylic acids is 3. The van der Waals surface area contributed by atoms with E-state index >= 15 is 0 Å². The van der Waals surface area contributed by atoms with Crippen LogP contribution in [0.1, 0.15) is 12.8 Å². The van der Waals surface area contributed by atoms with Crippen LogP contribution in [-0.2, 0) is 23.9 Å². The molecule has 0 spiro atoms. The summed E-state index contributed by atoms with van der Waals surface area (Å²) in [4.78, 5) is 33.6. The molecule has 0 aromatic rings. The van der Waals surface area contributed by atoms with Crippen LogP contribution in [0.3, 0.4) is 0 Å². The minimum Gasteiger partial charge on any atom is -0.462 e. The van der Waals surface area contributed by atoms with Gasteiger partial charge in [0.25, 0.3) is 0 Å². The Morgan fingerprint density at radius 1 is 0.788 bits per heavy atom. The van der Waals surface area contributed by atoms with Gasteiger partial charge in [0.05, 0.1) is 18.9 Å². The molecule has 0 saturated heterocycles. The molecule has 0 bridgehead atoms. The van der Waals surface area contributed by atoms with Gasteiger partial charge < -0.3 is 14.6 Å². The van der Waals surface area contributed by atoms with Gasteiger partial charge in [0, 0.05) is 18.6 Å². The number of rotatable bonds is 15. The van der Waals surface area contributed by atoms with Gasteiger partial charge in [0.15, 0.2) is 5.78 Å². The molecule has 2 atom stereocenters. The lowest BCUT2D eigenvalue weighted by Crippen LogP contribution is -2.63. The van der Waals surface area contributed by atoms with Gasteiger partial charge in [-0.25, -0.2) is 9.59 Å². The largest absolute Gasteiger partial charge is 0.462 e. The first-order valence-electron chi connectivity index (χ1n) is 8.84. The van der Waals surface area contributed by atoms with Gasteiger partial charge in [-0.15, -0.1) is 0 Å². The lowest BCUT2D eigenvalue weighted by Gasteiger charge is -2.38. The zero-order chi connectivity index (χ0) is 26.3. The molecule has 2 unspecified atom stereocenters. The minimum absolute atomic E-state index is 0.354. The fraction of sp³-hybridized carbons (Fsp3) is 0.526. The number of ketones is 1. The number of hydrogen-bond donors (Lipinski definition) is 1. The molecule has 0 aliphatic carbocycles. The molecule has 0 saturated carbocycles. The highest BCUT2D eigenvalue weighted by Gasteiger charge is 2.80. The maximum absolute atomic E-state index is 14.2. The highest BCUT2D eigenvalue weighted by atomic mass is 19.4. The number of aliphatic hydroxyl groups is 1. The lowest BCUT2D eigenvalue weighted by atomic mass is 9.88. The Balaban J connectivity index is 5.94. The van der Waals surface area contributed by atoms with Crippen LogP contribution in [0.5, 0.6) is 0 Å². The number of alkyl halides is 8. The van der Waals surface area contributed by atoms with E-state index < -0.39 is 79.5 Å². The molecule has 6 nitrogen and oxygen atoms in total. The summed E-state index contributed by atoms with van der Waals surface area (Å²) in [5.41, 5.74) is 0. The van der Waals surface area contributed by atoms with Gasteiger partial charge in [0.1, 0.15) is 12.7 Å². The number of ether oxygens (including phenoxy) is 2. The third-order valence-electron chi connectivity index (χ3n) is 4.15. The Labute approximate surface area is 182 Å². The Kier molecular flexibility index (Phi) is 10.4. The van der Waals surface area contributed by atoms with Gasteiger partial charge in [0.2, 0.25) is 0 Å². The summed E-state index contributed by atoms with van der Waals surface area (Å²) in [6.07, 6.45) is -6.07. The second kappa shape index (κ2) is 11.4. The van der Waals surface area contributed by atoms with Gasteiger partial charge in [-0.3, -0.25) is 4.79 Å². The fourth-order valence-corrected chi connectivity index (χ4v) is 2.32. The van der Waals surface area contributed by atoms with E-state index in [2.05, 4.69) is 29.2 Å². The number of aliphatic hydroxyl groups excluding tert-OH is 1. The molecule has 0 aliphatic rings. The number of hydrogen-bond acceptors (Lipinski definition) is 6. The summed E-state index contributed by atoms with van der Waals surface area (Å²) in [7, 11) is 0. The molecule has 0 amide bonds. The topological polar surface area (TPSA) is 89.9 Å². The zero-order valence-electron chi connectivity index (χ0n) is 16.8. The molecule has 188 valence electrons. The van der Waals surface area contributed by atoms with Crippen molar-refractivity contribution in [2.45, 2.75) is 42.6 Å². The molecular weight excluding hydrogens is 476 g/mol. The van der Waals surface area contributed by atoms with Crippen LogP contribution in [0.25, 0.3) is 0 Å². The average molecular weight is 496 g/mol. The molecule has 14 heteroatoms. The van der Waals surface area contributed by atoms with Crippen molar-refractivity contribution in [2.24, 2.45) is 5.92 Å². The second-order valence-electron chi connectivity index (χ2n) is 6.55. The van der Waals surface area contributed by atoms with Crippen molar-refractivity contribution in [1.29, 1.82) is 0 Å². The predicted octanol–water partition coefficient (Wildman–Crippen LogP) is 3.50. The Bertz CT molecular complexity index is 765. The normalized spacial score (nSPS) is 14.6. The van der Waals surface area contributed by atoms with Crippen molar-refractivity contribution in [1.82, 2.24) is 0 Å². The number of halogens is 8. The van der Waals surface area contributed by atoms with Crippen LogP contribution in [0.4, 0.5) is 35.1 Å². The lowest BCUT2D eigenvalue weighted by molar-refractivity contribution is -0.371. The van der Waals surface area contributed by atoms with Gasteiger partial charge in [-0.1, -0.05) is 19.7 Å². The summed E-state index contributed by atoms with van der Waals surface area (Å²) >= 11 is 0. The molecule has 0 aromatic carbocycles. The Morgan fingerprint density at radius 2 is 1.24 bits per heavy atom. The molecule has 0 rings (SSSR count). The van der Waals surface area contributed by atoms with Crippen molar-refractivity contribution in [3.8, 4) is 0 Å². The Morgan fingerprint density at radius 3 is 1.64 bits per heavy atom. The van der Waals surface area contributed by atoms with E-state index in [1.54, 1.807) is 0 Å². The molecule has 0 heterocycles. The first-order valence-corrected chi connectivity index (χ1v) is 8.84. The van der Waals surface area contributed by atoms with E-state index in [4.69, 9.17) is 5.11 Å². The Hall–Kier alpha value is -2.77. The molecule has 0 aromatic heterocycles. The summed E-state index contributed by atoms with van der Waals surface area (Å²) in [5, 5.41) is 8.87. The maximum Gasteiger partial charge on any atom is 0.378 e. The summed E-state index contributed by atoms with van der Waals surface area (Å²) in [6, 6.07) is 0. The smallest absolute Gasteiger partial charge is 0.378 e. The summed E-state index contributed by atoms with van der Waals surface area (Å²) in [6.45, 7) is 5.89. The van der Waals surface area contributed by atoms with E-state index in [-0.39, 0.29) is 0 Å². The standard InChI is InChI=1S/C19H20F8O6/c1-4-13(29)11(10-32-14(30)5-2)7-16(20,21)18(24,25)19(26,27)17(22,23)8-12(9-28)33-15(31)6-3/h4-6,11-12,28H,1-3,7-10H2. The third-order valence-corrected chi connectivity index (χ3v) is 4.15. The average Bonchev–Trinajstić information content (AvgIpc) is 2.74. The second-order valence-corrected chi connectivity index (χ2v) is 6.55. The first-order chi connectivity index (χ1) is 14.9. The van der Waals surface area contributed by atoms with Crippen LogP contribution >= 0.6 is 0 Å². The van der Waals surface area contributed by atoms with Crippen LogP contribution in [-0.4, -0.2) is 65.8 Å². The van der Waals surface area contributed by atoms with Crippen molar-refractivity contribution >= 4 is 17.7 Å². The van der Waals surface area contributed by atoms with E-state index in [9.17, 15) is 49.5 Å². The zero-order valence-corrected chi connectivity index (χ0v) is 16.8. The van der Waals surface area contributed by atoms with Gasteiger partial charge in [-0.2, -0.15) is 35.1 Å². The van der Waals surface area contributed by atoms with E-state index in [1.165, 1.54) is 0 Å². The van der Waals surface area contributed by atoms with Crippen LogP contribution < -0.4 is 0 Å². The number of carbonyl (C=O) groups is 3. The predicted molar refractivity (Wildman–Crippen MR) is 96.0 cm³/mol. The quantitative estimate of drug-likeness (QED) is 0.212. The fourth-order valence-electron chi connectivity index (χ4n) is 2.32. The van der Waals surface area contributed by atoms with E-state index in [0.717, 1.165) is 0 Å². The molecule has 33 heavy (non-hydrogen) atoms. The molecular formula is C19H20F8O6. The van der Waals surface area contributed by atoms with Gasteiger partial charge in [-0.05, 0) is 6.08 Å². The molecule has 0 radical (unpaired) electrons. The van der Waals surface area contributed by atoms with Crippen LogP contribution in [0, 0.1) is 5.92 Å². The minimum atomic E-state index is -6.76. The van der Waals surface area contributed by atoms with Crippen LogP contribution in [0.15, 0.2) is 38.0 Å². The van der Waals surface area contributed by atoms with Crippen molar-refractivity contribution in [3.05, 3.63) is 38.0 Å². The molecule has 0 fully saturated rings. The third kappa shape index (κ3) is 7.11. The van der Waals surface area contributed by atoms with Crippen molar-refractivity contribution in [2.75, 3.05) is 13.2 Å². The first kappa shape index (κ1) is 30.2. The SMILES string of the molecule is C=CC(=O)OCC(CC(F)(F)C(F)(F)C(F)(F)C(F)(F)CC(CO)OC(=O)C=C)C(=O)C=C. The summed E-state index contributed by atoms with van der Waals surface area (Å²) in [5.74, 6) is -31.9. The molecule has 0 aliphatic heterocycles. The number of esters is 2. The molecule has 1 N–H and O–H groups in total. The number of allylic oxidation sites excluding steroid dienone is 1. The van der Waals surface area contributed by atoms with Crippen molar-refractivity contribution < 1.29 is 64.1 Å². The maximum atomic E-state index is 14.2. The summed E-state index contributed by atoms with van der Waals surface area (Å²) < 4.78 is 121. The van der Waals surface area contributed by atoms with Gasteiger partial charge >= 0.3 is 35.6 Å². The van der Waals surface area contributed by atoms with E-state index in [1.807, 2.05) is 0 Å². The highest BCUT2D eigenvalue weighted by Crippen LogP contribution is 2.55. The van der Waals surface area contributed by atoms with Crippen LogP contribution in [0.2, 0.25) is 0 Å². The highest BCUT2D eigenvalue weighted by molar-refractivity contribution is 5.91.